The Kier molecular flexibility index (Phi) is 4.22. The Bertz CT molecular complexity index is 763. The first-order valence-electron chi connectivity index (χ1n) is 6.39. The number of hydrogen-bond acceptors (Lipinski definition) is 7. The van der Waals surface area contributed by atoms with Crippen molar-refractivity contribution in [1.82, 2.24) is 9.97 Å². The van der Waals surface area contributed by atoms with E-state index in [4.69, 9.17) is 21.1 Å². The number of halogens is 1. The molecule has 0 saturated carbocycles. The molecule has 6 nitrogen and oxygen atoms in total. The van der Waals surface area contributed by atoms with Crippen LogP contribution in [0, 0.1) is 11.3 Å². The fourth-order valence-electron chi connectivity index (χ4n) is 1.95. The number of rotatable bonds is 3. The van der Waals surface area contributed by atoms with Gasteiger partial charge in [-0.1, -0.05) is 23.4 Å². The van der Waals surface area contributed by atoms with Crippen molar-refractivity contribution in [3.63, 3.8) is 0 Å². The highest BCUT2D eigenvalue weighted by Crippen LogP contribution is 2.34. The highest BCUT2D eigenvalue weighted by molar-refractivity contribution is 7.98. The van der Waals surface area contributed by atoms with Crippen molar-refractivity contribution in [2.75, 3.05) is 24.8 Å². The second kappa shape index (κ2) is 6.30. The average molecular weight is 335 g/mol. The maximum Gasteiger partial charge on any atom is 0.190 e. The van der Waals surface area contributed by atoms with Gasteiger partial charge >= 0.3 is 0 Å². The molecular weight excluding hydrogens is 324 g/mol. The van der Waals surface area contributed by atoms with Gasteiger partial charge in [0.25, 0.3) is 0 Å². The molecule has 22 heavy (non-hydrogen) atoms. The zero-order valence-electron chi connectivity index (χ0n) is 11.6. The predicted molar refractivity (Wildman–Crippen MR) is 84.3 cm³/mol. The third kappa shape index (κ3) is 2.89. The van der Waals surface area contributed by atoms with Crippen LogP contribution in [0.4, 0.5) is 11.5 Å². The van der Waals surface area contributed by atoms with Gasteiger partial charge in [-0.05, 0) is 18.4 Å². The molecule has 0 unspecified atom stereocenters. The van der Waals surface area contributed by atoms with Crippen molar-refractivity contribution in [3.05, 3.63) is 28.9 Å². The molecule has 0 atom stereocenters. The van der Waals surface area contributed by atoms with E-state index in [1.54, 1.807) is 12.1 Å². The lowest BCUT2D eigenvalue weighted by atomic mass is 10.2. The van der Waals surface area contributed by atoms with Crippen LogP contribution in [0.25, 0.3) is 0 Å². The van der Waals surface area contributed by atoms with Crippen LogP contribution in [0.1, 0.15) is 5.56 Å². The number of aromatic nitrogens is 2. The predicted octanol–water partition coefficient (Wildman–Crippen LogP) is 3.24. The third-order valence-corrected chi connectivity index (χ3v) is 3.76. The molecule has 0 fully saturated rings. The molecule has 1 aliphatic heterocycles. The summed E-state index contributed by atoms with van der Waals surface area (Å²) in [5.74, 6) is 1.71. The first-order valence-corrected chi connectivity index (χ1v) is 8.00. The Morgan fingerprint density at radius 3 is 2.77 bits per heavy atom. The number of nitrogens with zero attached hydrogens (tertiary/aromatic N) is 3. The van der Waals surface area contributed by atoms with Crippen LogP contribution in [0.15, 0.2) is 23.4 Å². The zero-order valence-corrected chi connectivity index (χ0v) is 13.2. The summed E-state index contributed by atoms with van der Waals surface area (Å²) < 4.78 is 11.0. The summed E-state index contributed by atoms with van der Waals surface area (Å²) in [6.07, 6.45) is 1.84. The van der Waals surface area contributed by atoms with Crippen LogP contribution in [-0.2, 0) is 0 Å². The molecule has 8 heteroatoms. The molecule has 1 aromatic carbocycles. The van der Waals surface area contributed by atoms with Gasteiger partial charge in [-0.2, -0.15) is 5.26 Å². The summed E-state index contributed by atoms with van der Waals surface area (Å²) in [6, 6.07) is 7.44. The first-order chi connectivity index (χ1) is 10.7. The standard InChI is InChI=1S/C14H11ClN4O2S/c1-22-14-18-12(15)9(7-16)13(19-14)17-8-2-3-10-11(6-8)21-5-4-20-10/h2-3,6H,4-5H2,1H3,(H,17,18,19). The average Bonchev–Trinajstić information content (AvgIpc) is 2.54. The molecule has 1 aromatic heterocycles. The molecule has 2 heterocycles. The van der Waals surface area contributed by atoms with Crippen molar-refractivity contribution in [1.29, 1.82) is 5.26 Å². The highest BCUT2D eigenvalue weighted by atomic mass is 35.5. The number of thioether (sulfide) groups is 1. The molecule has 112 valence electrons. The number of anilines is 2. The van der Waals surface area contributed by atoms with Gasteiger partial charge in [0.2, 0.25) is 0 Å². The Morgan fingerprint density at radius 2 is 2.05 bits per heavy atom. The minimum absolute atomic E-state index is 0.127. The molecule has 0 radical (unpaired) electrons. The van der Waals surface area contributed by atoms with Gasteiger partial charge in [0, 0.05) is 11.8 Å². The van der Waals surface area contributed by atoms with Gasteiger partial charge in [0.05, 0.1) is 0 Å². The van der Waals surface area contributed by atoms with E-state index in [1.165, 1.54) is 11.8 Å². The highest BCUT2D eigenvalue weighted by Gasteiger charge is 2.15. The van der Waals surface area contributed by atoms with E-state index in [9.17, 15) is 5.26 Å². The van der Waals surface area contributed by atoms with E-state index < -0.39 is 0 Å². The van der Waals surface area contributed by atoms with E-state index in [0.717, 1.165) is 5.69 Å². The van der Waals surface area contributed by atoms with Crippen LogP contribution < -0.4 is 14.8 Å². The first kappa shape index (κ1) is 14.8. The third-order valence-electron chi connectivity index (χ3n) is 2.94. The Morgan fingerprint density at radius 1 is 1.27 bits per heavy atom. The summed E-state index contributed by atoms with van der Waals surface area (Å²) in [6.45, 7) is 1.05. The minimum atomic E-state index is 0.127. The van der Waals surface area contributed by atoms with Crippen molar-refractivity contribution in [3.8, 4) is 17.6 Å². The topological polar surface area (TPSA) is 80.1 Å². The van der Waals surface area contributed by atoms with Crippen LogP contribution >= 0.6 is 23.4 Å². The summed E-state index contributed by atoms with van der Waals surface area (Å²) in [5.41, 5.74) is 0.928. The van der Waals surface area contributed by atoms with Crippen molar-refractivity contribution >= 4 is 34.9 Å². The number of fused-ring (bicyclic) bond motifs is 1. The number of nitrogens with one attached hydrogen (secondary N) is 1. The van der Waals surface area contributed by atoms with Gasteiger partial charge in [-0.3, -0.25) is 0 Å². The molecule has 3 rings (SSSR count). The molecular formula is C14H11ClN4O2S. The maximum atomic E-state index is 9.23. The fraction of sp³-hybridized carbons (Fsp3) is 0.214. The molecule has 1 aliphatic rings. The normalized spacial score (nSPS) is 12.6. The summed E-state index contributed by atoms with van der Waals surface area (Å²) in [4.78, 5) is 8.34. The van der Waals surface area contributed by atoms with E-state index in [-0.39, 0.29) is 10.7 Å². The minimum Gasteiger partial charge on any atom is -0.486 e. The van der Waals surface area contributed by atoms with Gasteiger partial charge in [0.15, 0.2) is 27.6 Å². The smallest absolute Gasteiger partial charge is 0.190 e. The van der Waals surface area contributed by atoms with Crippen molar-refractivity contribution in [2.24, 2.45) is 0 Å². The van der Waals surface area contributed by atoms with Gasteiger partial charge in [0.1, 0.15) is 24.8 Å². The molecule has 0 bridgehead atoms. The number of benzene rings is 1. The Labute approximate surface area is 136 Å². The molecule has 0 aliphatic carbocycles. The number of ether oxygens (including phenoxy) is 2. The lowest BCUT2D eigenvalue weighted by molar-refractivity contribution is 0.171. The lowest BCUT2D eigenvalue weighted by Gasteiger charge is -2.19. The number of hydrogen-bond donors (Lipinski definition) is 1. The summed E-state index contributed by atoms with van der Waals surface area (Å²) >= 11 is 7.37. The van der Waals surface area contributed by atoms with E-state index in [2.05, 4.69) is 15.3 Å². The van der Waals surface area contributed by atoms with Crippen LogP contribution in [-0.4, -0.2) is 29.4 Å². The Hall–Kier alpha value is -2.17. The van der Waals surface area contributed by atoms with E-state index in [1.807, 2.05) is 18.4 Å². The van der Waals surface area contributed by atoms with Gasteiger partial charge in [-0.25, -0.2) is 9.97 Å². The quantitative estimate of drug-likeness (QED) is 0.524. The maximum absolute atomic E-state index is 9.23. The van der Waals surface area contributed by atoms with Gasteiger partial charge in [-0.15, -0.1) is 0 Å². The van der Waals surface area contributed by atoms with E-state index >= 15 is 0 Å². The second-order valence-electron chi connectivity index (χ2n) is 4.32. The molecule has 2 aromatic rings. The zero-order chi connectivity index (χ0) is 15.5. The van der Waals surface area contributed by atoms with Crippen molar-refractivity contribution < 1.29 is 9.47 Å². The molecule has 0 amide bonds. The molecule has 0 saturated heterocycles. The number of nitriles is 1. The molecule has 1 N–H and O–H groups in total. The van der Waals surface area contributed by atoms with Crippen LogP contribution in [0.2, 0.25) is 5.15 Å². The van der Waals surface area contributed by atoms with Crippen LogP contribution in [0.5, 0.6) is 11.5 Å². The largest absolute Gasteiger partial charge is 0.486 e. The monoisotopic (exact) mass is 334 g/mol. The van der Waals surface area contributed by atoms with Gasteiger partial charge < -0.3 is 14.8 Å². The molecule has 0 spiro atoms. The summed E-state index contributed by atoms with van der Waals surface area (Å²) in [7, 11) is 0. The fourth-order valence-corrected chi connectivity index (χ4v) is 2.58. The lowest BCUT2D eigenvalue weighted by Crippen LogP contribution is -2.15. The van der Waals surface area contributed by atoms with E-state index in [0.29, 0.717) is 35.7 Å². The van der Waals surface area contributed by atoms with Crippen LogP contribution in [0.3, 0.4) is 0 Å². The summed E-state index contributed by atoms with van der Waals surface area (Å²) in [5, 5.41) is 12.9. The second-order valence-corrected chi connectivity index (χ2v) is 5.45. The van der Waals surface area contributed by atoms with Crippen molar-refractivity contribution in [2.45, 2.75) is 5.16 Å². The Balaban J connectivity index is 1.96. The SMILES string of the molecule is CSc1nc(Cl)c(C#N)c(Nc2ccc3c(c2)OCCO3)n1.